The van der Waals surface area contributed by atoms with Crippen LogP contribution in [0.5, 0.6) is 0 Å². The van der Waals surface area contributed by atoms with E-state index in [9.17, 15) is 9.59 Å². The van der Waals surface area contributed by atoms with Gasteiger partial charge in [-0.25, -0.2) is 0 Å². The van der Waals surface area contributed by atoms with E-state index in [4.69, 9.17) is 9.47 Å². The van der Waals surface area contributed by atoms with Crippen molar-refractivity contribution in [3.05, 3.63) is 35.4 Å². The van der Waals surface area contributed by atoms with Crippen LogP contribution in [0.2, 0.25) is 0 Å². The molecular formula is C13H14O4. The van der Waals surface area contributed by atoms with Crippen LogP contribution in [0.3, 0.4) is 0 Å². The minimum absolute atomic E-state index is 0.0392. The highest BCUT2D eigenvalue weighted by atomic mass is 16.5. The molecule has 1 aromatic rings. The first-order valence-electron chi connectivity index (χ1n) is 5.51. The molecule has 0 heterocycles. The Morgan fingerprint density at radius 1 is 1.18 bits per heavy atom. The molecule has 4 heteroatoms. The predicted molar refractivity (Wildman–Crippen MR) is 61.3 cm³/mol. The Kier molecular flexibility index (Phi) is 3.66. The summed E-state index contributed by atoms with van der Waals surface area (Å²) in [6.45, 7) is 0.738. The summed E-state index contributed by atoms with van der Waals surface area (Å²) in [6, 6.07) is 6.86. The second kappa shape index (κ2) is 5.21. The van der Waals surface area contributed by atoms with Crippen molar-refractivity contribution in [1.82, 2.24) is 0 Å². The number of ether oxygens (including phenoxy) is 2. The van der Waals surface area contributed by atoms with Crippen LogP contribution >= 0.6 is 0 Å². The van der Waals surface area contributed by atoms with Gasteiger partial charge in [0.05, 0.1) is 13.2 Å². The van der Waals surface area contributed by atoms with Crippen molar-refractivity contribution in [1.29, 1.82) is 0 Å². The van der Waals surface area contributed by atoms with Crippen LogP contribution in [0, 0.1) is 0 Å². The lowest BCUT2D eigenvalue weighted by molar-refractivity contribution is 0.0148. The van der Waals surface area contributed by atoms with Gasteiger partial charge in [0, 0.05) is 24.7 Å². The predicted octanol–water partition coefficient (Wildman–Crippen LogP) is 1.49. The Bertz CT molecular complexity index is 439. The van der Waals surface area contributed by atoms with E-state index in [1.807, 2.05) is 0 Å². The number of hydrogen-bond acceptors (Lipinski definition) is 4. The minimum Gasteiger partial charge on any atom is -0.382 e. The Morgan fingerprint density at radius 3 is 2.59 bits per heavy atom. The Morgan fingerprint density at radius 2 is 1.88 bits per heavy atom. The topological polar surface area (TPSA) is 52.6 Å². The van der Waals surface area contributed by atoms with Crippen molar-refractivity contribution in [3.8, 4) is 0 Å². The molecule has 0 aromatic heterocycles. The third-order valence-corrected chi connectivity index (χ3v) is 2.76. The van der Waals surface area contributed by atoms with Gasteiger partial charge in [0.2, 0.25) is 0 Å². The number of Topliss-reactive ketones (excluding diaryl/α,β-unsaturated/α-hetero) is 2. The molecule has 1 aliphatic carbocycles. The summed E-state index contributed by atoms with van der Waals surface area (Å²) in [5.41, 5.74) is 0.968. The maximum atomic E-state index is 12.0. The third kappa shape index (κ3) is 2.43. The smallest absolute Gasteiger partial charge is 0.192 e. The van der Waals surface area contributed by atoms with Gasteiger partial charge in [-0.15, -0.1) is 0 Å². The fourth-order valence-corrected chi connectivity index (χ4v) is 1.89. The highest BCUT2D eigenvalue weighted by Gasteiger charge is 2.32. The molecule has 0 saturated heterocycles. The van der Waals surface area contributed by atoms with Crippen LogP contribution in [0.15, 0.2) is 24.3 Å². The van der Waals surface area contributed by atoms with Gasteiger partial charge in [0.25, 0.3) is 0 Å². The maximum absolute atomic E-state index is 12.0. The van der Waals surface area contributed by atoms with Crippen molar-refractivity contribution in [2.45, 2.75) is 12.5 Å². The van der Waals surface area contributed by atoms with Crippen LogP contribution in [-0.4, -0.2) is 38.0 Å². The van der Waals surface area contributed by atoms with E-state index in [0.717, 1.165) is 0 Å². The number of fused-ring (bicyclic) bond motifs is 1. The van der Waals surface area contributed by atoms with Crippen molar-refractivity contribution >= 4 is 11.6 Å². The SMILES string of the molecule is COCCOC1CC(=O)c2ccccc2C1=O. The van der Waals surface area contributed by atoms with Gasteiger partial charge in [-0.2, -0.15) is 0 Å². The van der Waals surface area contributed by atoms with Gasteiger partial charge in [-0.3, -0.25) is 9.59 Å². The lowest BCUT2D eigenvalue weighted by atomic mass is 9.88. The third-order valence-electron chi connectivity index (χ3n) is 2.76. The van der Waals surface area contributed by atoms with E-state index >= 15 is 0 Å². The molecule has 4 nitrogen and oxygen atoms in total. The van der Waals surface area contributed by atoms with Gasteiger partial charge < -0.3 is 9.47 Å². The van der Waals surface area contributed by atoms with Gasteiger partial charge in [0.1, 0.15) is 6.10 Å². The first-order chi connectivity index (χ1) is 8.24. The highest BCUT2D eigenvalue weighted by Crippen LogP contribution is 2.23. The zero-order chi connectivity index (χ0) is 12.3. The zero-order valence-corrected chi connectivity index (χ0v) is 9.64. The number of benzene rings is 1. The largest absolute Gasteiger partial charge is 0.382 e. The van der Waals surface area contributed by atoms with Crippen LogP contribution in [0.25, 0.3) is 0 Å². The quantitative estimate of drug-likeness (QED) is 0.740. The van der Waals surface area contributed by atoms with Crippen LogP contribution in [0.4, 0.5) is 0 Å². The fraction of sp³-hybridized carbons (Fsp3) is 0.385. The van der Waals surface area contributed by atoms with E-state index in [2.05, 4.69) is 0 Å². The molecule has 17 heavy (non-hydrogen) atoms. The Labute approximate surface area is 99.5 Å². The van der Waals surface area contributed by atoms with Crippen LogP contribution in [-0.2, 0) is 9.47 Å². The first kappa shape index (κ1) is 12.0. The molecule has 1 aromatic carbocycles. The summed E-state index contributed by atoms with van der Waals surface area (Å²) in [5, 5.41) is 0. The van der Waals surface area contributed by atoms with Crippen molar-refractivity contribution in [2.75, 3.05) is 20.3 Å². The number of hydrogen-bond donors (Lipinski definition) is 0. The van der Waals surface area contributed by atoms with Gasteiger partial charge in [-0.05, 0) is 0 Å². The second-order valence-electron chi connectivity index (χ2n) is 3.89. The summed E-state index contributed by atoms with van der Waals surface area (Å²) in [4.78, 5) is 23.8. The number of carbonyl (C=O) groups is 2. The number of carbonyl (C=O) groups excluding carboxylic acids is 2. The van der Waals surface area contributed by atoms with Crippen molar-refractivity contribution in [2.24, 2.45) is 0 Å². The van der Waals surface area contributed by atoms with E-state index in [0.29, 0.717) is 24.3 Å². The molecule has 0 bridgehead atoms. The normalized spacial score (nSPS) is 19.2. The molecule has 90 valence electrons. The van der Waals surface area contributed by atoms with Crippen LogP contribution in [0.1, 0.15) is 27.1 Å². The molecule has 0 radical (unpaired) electrons. The molecule has 0 fully saturated rings. The fourth-order valence-electron chi connectivity index (χ4n) is 1.89. The molecule has 1 aliphatic rings. The van der Waals surface area contributed by atoms with E-state index in [1.54, 1.807) is 31.4 Å². The lowest BCUT2D eigenvalue weighted by Crippen LogP contribution is -2.34. The van der Waals surface area contributed by atoms with Gasteiger partial charge >= 0.3 is 0 Å². The lowest BCUT2D eigenvalue weighted by Gasteiger charge is -2.22. The summed E-state index contributed by atoms with van der Waals surface area (Å²) in [5.74, 6) is -0.154. The molecule has 0 amide bonds. The first-order valence-corrected chi connectivity index (χ1v) is 5.51. The Balaban J connectivity index is 2.15. The molecule has 1 atom stereocenters. The highest BCUT2D eigenvalue weighted by molar-refractivity contribution is 6.15. The summed E-state index contributed by atoms with van der Waals surface area (Å²) >= 11 is 0. The molecule has 0 spiro atoms. The van der Waals surface area contributed by atoms with Gasteiger partial charge in [-0.1, -0.05) is 24.3 Å². The molecular weight excluding hydrogens is 220 g/mol. The summed E-state index contributed by atoms with van der Waals surface area (Å²) in [7, 11) is 1.56. The number of rotatable bonds is 4. The van der Waals surface area contributed by atoms with E-state index < -0.39 is 6.10 Å². The van der Waals surface area contributed by atoms with Gasteiger partial charge in [0.15, 0.2) is 11.6 Å². The molecule has 0 saturated carbocycles. The monoisotopic (exact) mass is 234 g/mol. The average Bonchev–Trinajstić information content (AvgIpc) is 2.36. The molecule has 2 rings (SSSR count). The number of methoxy groups -OCH3 is 1. The second-order valence-corrected chi connectivity index (χ2v) is 3.89. The summed E-state index contributed by atoms with van der Waals surface area (Å²) in [6.07, 6.45) is -0.535. The Hall–Kier alpha value is -1.52. The van der Waals surface area contributed by atoms with Crippen molar-refractivity contribution < 1.29 is 19.1 Å². The summed E-state index contributed by atoms with van der Waals surface area (Å²) < 4.78 is 10.2. The van der Waals surface area contributed by atoms with E-state index in [-0.39, 0.29) is 18.0 Å². The average molecular weight is 234 g/mol. The maximum Gasteiger partial charge on any atom is 0.192 e. The molecule has 0 aliphatic heterocycles. The number of ketones is 2. The molecule has 0 N–H and O–H groups in total. The van der Waals surface area contributed by atoms with E-state index in [1.165, 1.54) is 0 Å². The molecule has 1 unspecified atom stereocenters. The van der Waals surface area contributed by atoms with Crippen LogP contribution < -0.4 is 0 Å². The standard InChI is InChI=1S/C13H14O4/c1-16-6-7-17-12-8-11(14)9-4-2-3-5-10(9)13(12)15/h2-5,12H,6-8H2,1H3. The minimum atomic E-state index is -0.660. The zero-order valence-electron chi connectivity index (χ0n) is 9.64. The van der Waals surface area contributed by atoms with Crippen molar-refractivity contribution in [3.63, 3.8) is 0 Å².